The molecule has 0 aromatic heterocycles. The van der Waals surface area contributed by atoms with E-state index in [-0.39, 0.29) is 16.8 Å². The molecule has 0 heterocycles. The van der Waals surface area contributed by atoms with Crippen molar-refractivity contribution in [1.29, 1.82) is 0 Å². The van der Waals surface area contributed by atoms with Gasteiger partial charge in [-0.15, -0.1) is 0 Å². The number of alkyl halides is 1. The minimum Gasteiger partial charge on any atom is -0.210 e. The molecular weight excluding hydrogens is 352 g/mol. The van der Waals surface area contributed by atoms with E-state index in [4.69, 9.17) is 0 Å². The average Bonchev–Trinajstić information content (AvgIpc) is 2.27. The fraction of sp³-hybridized carbons (Fsp3) is 0.538. The quantitative estimate of drug-likeness (QED) is 0.808. The molecule has 0 bridgehead atoms. The molecule has 1 rings (SSSR count). The van der Waals surface area contributed by atoms with Gasteiger partial charge < -0.3 is 0 Å². The van der Waals surface area contributed by atoms with Crippen molar-refractivity contribution in [3.05, 3.63) is 29.8 Å². The number of sulfonamides is 1. The van der Waals surface area contributed by atoms with Crippen LogP contribution >= 0.6 is 15.9 Å². The summed E-state index contributed by atoms with van der Waals surface area (Å²) in [6.45, 7) is 6.20. The molecule has 1 atom stereocenters. The standard InChI is InChI=1S/C13H18BrF2NO2S/c1-13(2,3)7-9(14)8-17-20(18,19)12-6-10(15)4-5-11(12)16/h4-6,9,17H,7-8H2,1-3H3. The third-order valence-corrected chi connectivity index (χ3v) is 4.60. The molecule has 20 heavy (non-hydrogen) atoms. The molecule has 0 aliphatic heterocycles. The first-order chi connectivity index (χ1) is 9.01. The summed E-state index contributed by atoms with van der Waals surface area (Å²) in [4.78, 5) is -0.762. The van der Waals surface area contributed by atoms with E-state index in [9.17, 15) is 17.2 Å². The maximum absolute atomic E-state index is 13.5. The summed E-state index contributed by atoms with van der Waals surface area (Å²) in [6.07, 6.45) is 0.737. The summed E-state index contributed by atoms with van der Waals surface area (Å²) < 4.78 is 52.7. The van der Waals surface area contributed by atoms with Crippen LogP contribution in [-0.2, 0) is 10.0 Å². The third kappa shape index (κ3) is 5.46. The summed E-state index contributed by atoms with van der Waals surface area (Å²) in [6, 6.07) is 2.34. The highest BCUT2D eigenvalue weighted by atomic mass is 79.9. The molecule has 0 aliphatic rings. The van der Waals surface area contributed by atoms with Crippen molar-refractivity contribution in [2.24, 2.45) is 5.41 Å². The smallest absolute Gasteiger partial charge is 0.210 e. The van der Waals surface area contributed by atoms with Crippen LogP contribution in [-0.4, -0.2) is 19.8 Å². The summed E-state index contributed by atoms with van der Waals surface area (Å²) in [5.74, 6) is -1.77. The maximum Gasteiger partial charge on any atom is 0.243 e. The lowest BCUT2D eigenvalue weighted by Crippen LogP contribution is -2.32. The second-order valence-corrected chi connectivity index (χ2v) is 8.82. The fourth-order valence-electron chi connectivity index (χ4n) is 1.70. The Labute approximate surface area is 126 Å². The lowest BCUT2D eigenvalue weighted by molar-refractivity contribution is 0.373. The van der Waals surface area contributed by atoms with Gasteiger partial charge in [-0.25, -0.2) is 21.9 Å². The van der Waals surface area contributed by atoms with Gasteiger partial charge in [-0.2, -0.15) is 0 Å². The molecule has 0 spiro atoms. The van der Waals surface area contributed by atoms with E-state index in [1.54, 1.807) is 0 Å². The Morgan fingerprint density at radius 3 is 2.45 bits per heavy atom. The normalized spacial score (nSPS) is 14.3. The zero-order valence-corrected chi connectivity index (χ0v) is 14.0. The van der Waals surface area contributed by atoms with E-state index in [1.807, 2.05) is 20.8 Å². The summed E-state index contributed by atoms with van der Waals surface area (Å²) in [5, 5.41) is 0. The van der Waals surface area contributed by atoms with Crippen LogP contribution in [0.2, 0.25) is 0 Å². The monoisotopic (exact) mass is 369 g/mol. The van der Waals surface area contributed by atoms with Gasteiger partial charge in [-0.1, -0.05) is 36.7 Å². The van der Waals surface area contributed by atoms with Crippen molar-refractivity contribution in [1.82, 2.24) is 4.72 Å². The van der Waals surface area contributed by atoms with Crippen molar-refractivity contribution in [3.8, 4) is 0 Å². The van der Waals surface area contributed by atoms with Crippen LogP contribution in [0.15, 0.2) is 23.1 Å². The van der Waals surface area contributed by atoms with E-state index < -0.39 is 26.6 Å². The predicted molar refractivity (Wildman–Crippen MR) is 78.3 cm³/mol. The highest BCUT2D eigenvalue weighted by Gasteiger charge is 2.22. The minimum atomic E-state index is -4.06. The van der Waals surface area contributed by atoms with Crippen LogP contribution in [0.3, 0.4) is 0 Å². The van der Waals surface area contributed by atoms with Crippen molar-refractivity contribution >= 4 is 26.0 Å². The Balaban J connectivity index is 2.78. The molecule has 1 aromatic carbocycles. The summed E-state index contributed by atoms with van der Waals surface area (Å²) >= 11 is 3.38. The summed E-state index contributed by atoms with van der Waals surface area (Å²) in [5.41, 5.74) is 0.0315. The molecule has 0 amide bonds. The van der Waals surface area contributed by atoms with Gasteiger partial charge in [0.05, 0.1) is 0 Å². The van der Waals surface area contributed by atoms with Crippen molar-refractivity contribution in [2.75, 3.05) is 6.54 Å². The van der Waals surface area contributed by atoms with Crippen molar-refractivity contribution in [3.63, 3.8) is 0 Å². The number of hydrogen-bond acceptors (Lipinski definition) is 2. The molecular formula is C13H18BrF2NO2S. The lowest BCUT2D eigenvalue weighted by Gasteiger charge is -2.22. The van der Waals surface area contributed by atoms with Crippen molar-refractivity contribution in [2.45, 2.75) is 36.9 Å². The predicted octanol–water partition coefficient (Wildman–Crippen LogP) is 3.44. The van der Waals surface area contributed by atoms with Crippen molar-refractivity contribution < 1.29 is 17.2 Å². The topological polar surface area (TPSA) is 46.2 Å². The molecule has 0 radical (unpaired) electrons. The Bertz CT molecular complexity index is 570. The molecule has 7 heteroatoms. The number of hydrogen-bond donors (Lipinski definition) is 1. The van der Waals surface area contributed by atoms with E-state index in [0.29, 0.717) is 6.07 Å². The van der Waals surface area contributed by atoms with Crippen LogP contribution in [0, 0.1) is 17.0 Å². The van der Waals surface area contributed by atoms with Gasteiger partial charge in [-0.3, -0.25) is 0 Å². The van der Waals surface area contributed by atoms with Crippen LogP contribution in [0.1, 0.15) is 27.2 Å². The first kappa shape index (κ1) is 17.5. The van der Waals surface area contributed by atoms with Gasteiger partial charge >= 0.3 is 0 Å². The van der Waals surface area contributed by atoms with Gasteiger partial charge in [0, 0.05) is 11.4 Å². The maximum atomic E-state index is 13.5. The SMILES string of the molecule is CC(C)(C)CC(Br)CNS(=O)(=O)c1cc(F)ccc1F. The number of benzene rings is 1. The first-order valence-electron chi connectivity index (χ1n) is 6.10. The van der Waals surface area contributed by atoms with E-state index in [1.165, 1.54) is 0 Å². The van der Waals surface area contributed by atoms with Crippen LogP contribution in [0.5, 0.6) is 0 Å². The van der Waals surface area contributed by atoms with E-state index in [0.717, 1.165) is 18.6 Å². The zero-order chi connectivity index (χ0) is 15.6. The average molecular weight is 370 g/mol. The highest BCUT2D eigenvalue weighted by Crippen LogP contribution is 2.24. The van der Waals surface area contributed by atoms with Crippen LogP contribution in [0.25, 0.3) is 0 Å². The van der Waals surface area contributed by atoms with Gasteiger partial charge in [0.2, 0.25) is 10.0 Å². The molecule has 1 unspecified atom stereocenters. The second kappa shape index (κ2) is 6.49. The van der Waals surface area contributed by atoms with Gasteiger partial charge in [0.1, 0.15) is 16.5 Å². The molecule has 0 aliphatic carbocycles. The van der Waals surface area contributed by atoms with E-state index >= 15 is 0 Å². The molecule has 3 nitrogen and oxygen atoms in total. The number of rotatable bonds is 5. The molecule has 0 fully saturated rings. The second-order valence-electron chi connectivity index (χ2n) is 5.79. The Morgan fingerprint density at radius 1 is 1.30 bits per heavy atom. The number of halogens is 3. The molecule has 0 saturated carbocycles. The lowest BCUT2D eigenvalue weighted by atomic mass is 9.91. The largest absolute Gasteiger partial charge is 0.243 e. The molecule has 1 aromatic rings. The van der Waals surface area contributed by atoms with E-state index in [2.05, 4.69) is 20.7 Å². The zero-order valence-electron chi connectivity index (χ0n) is 11.6. The Hall–Kier alpha value is -0.530. The van der Waals surface area contributed by atoms with Crippen LogP contribution < -0.4 is 4.72 Å². The Morgan fingerprint density at radius 2 is 1.90 bits per heavy atom. The highest BCUT2D eigenvalue weighted by molar-refractivity contribution is 9.09. The summed E-state index contributed by atoms with van der Waals surface area (Å²) in [7, 11) is -4.06. The number of nitrogens with one attached hydrogen (secondary N) is 1. The van der Waals surface area contributed by atoms with Crippen LogP contribution in [0.4, 0.5) is 8.78 Å². The molecule has 1 N–H and O–H groups in total. The molecule has 114 valence electrons. The fourth-order valence-corrected chi connectivity index (χ4v) is 4.21. The minimum absolute atomic E-state index is 0.0315. The molecule has 0 saturated heterocycles. The first-order valence-corrected chi connectivity index (χ1v) is 8.50. The Kier molecular flexibility index (Phi) is 5.69. The van der Waals surface area contributed by atoms with Gasteiger partial charge in [-0.05, 0) is 30.0 Å². The van der Waals surface area contributed by atoms with Gasteiger partial charge in [0.15, 0.2) is 0 Å². The third-order valence-electron chi connectivity index (χ3n) is 2.51. The van der Waals surface area contributed by atoms with Gasteiger partial charge in [0.25, 0.3) is 0 Å².